The maximum absolute atomic E-state index is 11.2. The van der Waals surface area contributed by atoms with Crippen molar-refractivity contribution in [3.8, 4) is 0 Å². The molecule has 0 unspecified atom stereocenters. The Morgan fingerprint density at radius 3 is 2.44 bits per heavy atom. The summed E-state index contributed by atoms with van der Waals surface area (Å²) in [5.41, 5.74) is 0.684. The average molecular weight is 228 g/mol. The molecule has 0 saturated heterocycles. The van der Waals surface area contributed by atoms with E-state index in [4.69, 9.17) is 5.11 Å². The van der Waals surface area contributed by atoms with Crippen molar-refractivity contribution in [1.29, 1.82) is 0 Å². The number of aliphatic carboxylic acids is 1. The van der Waals surface area contributed by atoms with Crippen LogP contribution >= 0.6 is 0 Å². The van der Waals surface area contributed by atoms with E-state index in [1.807, 2.05) is 13.8 Å². The number of carboxylic acids is 1. The Kier molecular flexibility index (Phi) is 7.20. The van der Waals surface area contributed by atoms with Gasteiger partial charge in [0.05, 0.1) is 6.54 Å². The molecule has 0 saturated carbocycles. The molecule has 0 aromatic carbocycles. The summed E-state index contributed by atoms with van der Waals surface area (Å²) in [6.45, 7) is 7.01. The maximum atomic E-state index is 11.2. The number of hydrogen-bond acceptors (Lipinski definition) is 3. The third-order valence-electron chi connectivity index (χ3n) is 1.77. The van der Waals surface area contributed by atoms with Crippen molar-refractivity contribution in [2.75, 3.05) is 19.6 Å². The fourth-order valence-corrected chi connectivity index (χ4v) is 1.02. The fourth-order valence-electron chi connectivity index (χ4n) is 1.02. The molecule has 0 radical (unpaired) electrons. The van der Waals surface area contributed by atoms with Crippen molar-refractivity contribution in [3.05, 3.63) is 11.6 Å². The average Bonchev–Trinajstić information content (AvgIpc) is 2.13. The van der Waals surface area contributed by atoms with Crippen LogP contribution in [0.4, 0.5) is 0 Å². The molecule has 0 aliphatic rings. The standard InChI is InChI=1S/C11H20N2O3/c1-8(2)5-13-10(14)7-12-6-9(3)4-11(15)16/h4,8,12H,5-7H2,1-3H3,(H,13,14)(H,15,16). The zero-order valence-electron chi connectivity index (χ0n) is 10.0. The summed E-state index contributed by atoms with van der Waals surface area (Å²) in [5.74, 6) is -0.613. The quantitative estimate of drug-likeness (QED) is 0.550. The van der Waals surface area contributed by atoms with Crippen molar-refractivity contribution in [2.45, 2.75) is 20.8 Å². The van der Waals surface area contributed by atoms with Crippen LogP contribution in [0.5, 0.6) is 0 Å². The van der Waals surface area contributed by atoms with Gasteiger partial charge in [0, 0.05) is 19.2 Å². The molecule has 92 valence electrons. The summed E-state index contributed by atoms with van der Waals surface area (Å²) in [6.07, 6.45) is 1.12. The monoisotopic (exact) mass is 228 g/mol. The Morgan fingerprint density at radius 1 is 1.31 bits per heavy atom. The first-order chi connectivity index (χ1) is 7.41. The second-order valence-corrected chi connectivity index (χ2v) is 4.13. The summed E-state index contributed by atoms with van der Waals surface area (Å²) in [5, 5.41) is 14.1. The number of carbonyl (C=O) groups is 2. The van der Waals surface area contributed by atoms with E-state index in [1.165, 1.54) is 0 Å². The van der Waals surface area contributed by atoms with Gasteiger partial charge in [-0.15, -0.1) is 0 Å². The van der Waals surface area contributed by atoms with Crippen LogP contribution in [0.25, 0.3) is 0 Å². The molecule has 0 bridgehead atoms. The highest BCUT2D eigenvalue weighted by Gasteiger charge is 2.01. The topological polar surface area (TPSA) is 78.4 Å². The Balaban J connectivity index is 3.66. The van der Waals surface area contributed by atoms with E-state index in [0.717, 1.165) is 6.08 Å². The smallest absolute Gasteiger partial charge is 0.328 e. The van der Waals surface area contributed by atoms with E-state index in [-0.39, 0.29) is 12.5 Å². The van der Waals surface area contributed by atoms with Crippen molar-refractivity contribution in [1.82, 2.24) is 10.6 Å². The molecule has 5 heteroatoms. The SMILES string of the molecule is CC(=CC(=O)O)CNCC(=O)NCC(C)C. The molecule has 0 rings (SSSR count). The van der Waals surface area contributed by atoms with Crippen LogP contribution in [0.1, 0.15) is 20.8 Å². The molecular formula is C11H20N2O3. The Hall–Kier alpha value is -1.36. The summed E-state index contributed by atoms with van der Waals surface area (Å²) in [4.78, 5) is 21.5. The maximum Gasteiger partial charge on any atom is 0.328 e. The van der Waals surface area contributed by atoms with E-state index < -0.39 is 5.97 Å². The molecule has 0 heterocycles. The van der Waals surface area contributed by atoms with E-state index >= 15 is 0 Å². The van der Waals surface area contributed by atoms with Gasteiger partial charge in [-0.25, -0.2) is 4.79 Å². The lowest BCUT2D eigenvalue weighted by molar-refractivity contribution is -0.131. The van der Waals surface area contributed by atoms with Crippen LogP contribution in [0.3, 0.4) is 0 Å². The van der Waals surface area contributed by atoms with Crippen LogP contribution in [0, 0.1) is 5.92 Å². The van der Waals surface area contributed by atoms with Gasteiger partial charge in [-0.1, -0.05) is 19.4 Å². The summed E-state index contributed by atoms with van der Waals surface area (Å²) in [7, 11) is 0. The number of carboxylic acid groups (broad SMARTS) is 1. The van der Waals surface area contributed by atoms with Crippen LogP contribution in [0.2, 0.25) is 0 Å². The minimum Gasteiger partial charge on any atom is -0.478 e. The minimum atomic E-state index is -0.969. The number of amides is 1. The molecule has 0 atom stereocenters. The predicted octanol–water partition coefficient (Wildman–Crippen LogP) is 0.379. The number of hydrogen-bond donors (Lipinski definition) is 3. The first kappa shape index (κ1) is 14.6. The lowest BCUT2D eigenvalue weighted by atomic mass is 10.2. The first-order valence-corrected chi connectivity index (χ1v) is 5.29. The molecule has 0 spiro atoms. The van der Waals surface area contributed by atoms with Gasteiger partial charge in [0.1, 0.15) is 0 Å². The van der Waals surface area contributed by atoms with Crippen molar-refractivity contribution < 1.29 is 14.7 Å². The van der Waals surface area contributed by atoms with Crippen LogP contribution < -0.4 is 10.6 Å². The van der Waals surface area contributed by atoms with Gasteiger partial charge < -0.3 is 15.7 Å². The first-order valence-electron chi connectivity index (χ1n) is 5.29. The zero-order valence-corrected chi connectivity index (χ0v) is 10.0. The van der Waals surface area contributed by atoms with Crippen LogP contribution in [-0.4, -0.2) is 36.6 Å². The van der Waals surface area contributed by atoms with Gasteiger partial charge in [-0.2, -0.15) is 0 Å². The highest BCUT2D eigenvalue weighted by molar-refractivity contribution is 5.80. The summed E-state index contributed by atoms with van der Waals surface area (Å²) >= 11 is 0. The molecule has 0 aliphatic carbocycles. The summed E-state index contributed by atoms with van der Waals surface area (Å²) < 4.78 is 0. The van der Waals surface area contributed by atoms with Gasteiger partial charge >= 0.3 is 5.97 Å². The third-order valence-corrected chi connectivity index (χ3v) is 1.77. The van der Waals surface area contributed by atoms with Gasteiger partial charge in [0.15, 0.2) is 0 Å². The second-order valence-electron chi connectivity index (χ2n) is 4.13. The van der Waals surface area contributed by atoms with Crippen molar-refractivity contribution in [3.63, 3.8) is 0 Å². The Labute approximate surface area is 95.9 Å². The van der Waals surface area contributed by atoms with E-state index in [2.05, 4.69) is 10.6 Å². The number of carbonyl (C=O) groups excluding carboxylic acids is 1. The fraction of sp³-hybridized carbons (Fsp3) is 0.636. The van der Waals surface area contributed by atoms with Crippen LogP contribution in [0.15, 0.2) is 11.6 Å². The van der Waals surface area contributed by atoms with Crippen LogP contribution in [-0.2, 0) is 9.59 Å². The Morgan fingerprint density at radius 2 is 1.94 bits per heavy atom. The third kappa shape index (κ3) is 9.21. The summed E-state index contributed by atoms with van der Waals surface area (Å²) in [6, 6.07) is 0. The highest BCUT2D eigenvalue weighted by Crippen LogP contribution is 1.89. The second kappa shape index (κ2) is 7.87. The Bertz CT molecular complexity index is 272. The molecule has 3 N–H and O–H groups in total. The molecular weight excluding hydrogens is 208 g/mol. The molecule has 16 heavy (non-hydrogen) atoms. The van der Waals surface area contributed by atoms with Crippen molar-refractivity contribution >= 4 is 11.9 Å². The van der Waals surface area contributed by atoms with Gasteiger partial charge in [0.2, 0.25) is 5.91 Å². The van der Waals surface area contributed by atoms with E-state index in [1.54, 1.807) is 6.92 Å². The van der Waals surface area contributed by atoms with E-state index in [9.17, 15) is 9.59 Å². The molecule has 0 aromatic rings. The number of rotatable bonds is 7. The van der Waals surface area contributed by atoms with Gasteiger partial charge in [-0.05, 0) is 12.8 Å². The predicted molar refractivity (Wildman–Crippen MR) is 62.1 cm³/mol. The highest BCUT2D eigenvalue weighted by atomic mass is 16.4. The lowest BCUT2D eigenvalue weighted by Gasteiger charge is -2.08. The molecule has 0 aromatic heterocycles. The largest absolute Gasteiger partial charge is 0.478 e. The lowest BCUT2D eigenvalue weighted by Crippen LogP contribution is -2.36. The van der Waals surface area contributed by atoms with E-state index in [0.29, 0.717) is 24.6 Å². The zero-order chi connectivity index (χ0) is 12.6. The molecule has 0 fully saturated rings. The molecule has 1 amide bonds. The normalized spacial score (nSPS) is 11.6. The van der Waals surface area contributed by atoms with Gasteiger partial charge in [0.25, 0.3) is 0 Å². The van der Waals surface area contributed by atoms with Crippen molar-refractivity contribution in [2.24, 2.45) is 5.92 Å². The minimum absolute atomic E-state index is 0.0724. The molecule has 0 aliphatic heterocycles. The molecule has 5 nitrogen and oxygen atoms in total. The number of nitrogens with one attached hydrogen (secondary N) is 2. The van der Waals surface area contributed by atoms with Gasteiger partial charge in [-0.3, -0.25) is 4.79 Å².